The minimum Gasteiger partial charge on any atom is -0.377 e. The van der Waals surface area contributed by atoms with Crippen LogP contribution < -0.4 is 27.2 Å². The molecule has 1 heterocycles. The average Bonchev–Trinajstić information content (AvgIpc) is 0.868. The van der Waals surface area contributed by atoms with Gasteiger partial charge in [0, 0.05) is 101 Å². The molecule has 1 aliphatic heterocycles. The van der Waals surface area contributed by atoms with Gasteiger partial charge in [0.05, 0.1) is 29.4 Å². The van der Waals surface area contributed by atoms with Gasteiger partial charge in [0.2, 0.25) is 0 Å². The standard InChI is InChI=1S/C72H73N3O9S7/c1-70(2,3)44-37-58-67(82-89(76,77)64-34-20-25-49-52(64)28-17-31-55(49)73(10)11)60(39-44)87-62-41-46(72(7,8)9)42-63(69(62)84-91(80,81)66-36-22-27-51-54(66)30-19-33-57(51)75(14)15)88-61-40-45(71(4,5)6)38-59(86-48-24-16-23-47(43-48)85-58)68(61)83-90(78,79)65-35-21-26-50-53(65)29-18-32-56(50)74(12)13/h16-43H,1-15H3. The third-order valence-corrected chi connectivity index (χ3v) is 23.7. The van der Waals surface area contributed by atoms with Gasteiger partial charge >= 0.3 is 30.4 Å². The van der Waals surface area contributed by atoms with Crippen molar-refractivity contribution in [3.63, 3.8) is 0 Å². The Hall–Kier alpha value is -6.97. The molecule has 0 saturated heterocycles. The van der Waals surface area contributed by atoms with E-state index >= 15 is 25.3 Å². The molecule has 0 spiro atoms. The van der Waals surface area contributed by atoms with E-state index in [-0.39, 0.29) is 31.9 Å². The smallest absolute Gasteiger partial charge is 0.339 e. The summed E-state index contributed by atoms with van der Waals surface area (Å²) in [7, 11) is -2.74. The first kappa shape index (κ1) is 65.5. The van der Waals surface area contributed by atoms with Crippen molar-refractivity contribution in [3.8, 4) is 17.2 Å². The molecule has 91 heavy (non-hydrogen) atoms. The van der Waals surface area contributed by atoms with E-state index in [1.165, 1.54) is 29.6 Å². The summed E-state index contributed by atoms with van der Waals surface area (Å²) in [5.41, 5.74) is 3.24. The fourth-order valence-electron chi connectivity index (χ4n) is 10.9. The highest BCUT2D eigenvalue weighted by Crippen LogP contribution is 2.56. The van der Waals surface area contributed by atoms with Crippen LogP contribution >= 0.6 is 47.0 Å². The average molecular weight is 1350 g/mol. The second-order valence-corrected chi connectivity index (χ2v) is 35.2. The van der Waals surface area contributed by atoms with Crippen molar-refractivity contribution in [2.75, 3.05) is 57.0 Å². The molecule has 12 nitrogen and oxygen atoms in total. The number of fused-ring (bicyclic) bond motifs is 11. The van der Waals surface area contributed by atoms with Gasteiger partial charge in [-0.05, 0) is 124 Å². The normalized spacial score (nSPS) is 13.3. The first-order chi connectivity index (χ1) is 42.7. The van der Waals surface area contributed by atoms with Crippen LogP contribution in [0.15, 0.2) is 224 Å². The van der Waals surface area contributed by atoms with E-state index in [9.17, 15) is 0 Å². The minimum atomic E-state index is -4.80. The Kier molecular flexibility index (Phi) is 17.6. The fourth-order valence-corrected chi connectivity index (χ4v) is 19.3. The summed E-state index contributed by atoms with van der Waals surface area (Å²) in [6.45, 7) is 18.6. The predicted octanol–water partition coefficient (Wildman–Crippen LogP) is 18.5. The third-order valence-electron chi connectivity index (χ3n) is 15.8. The van der Waals surface area contributed by atoms with Crippen LogP contribution in [0.25, 0.3) is 32.3 Å². The molecule has 0 saturated carbocycles. The van der Waals surface area contributed by atoms with Crippen LogP contribution in [-0.2, 0) is 46.6 Å². The van der Waals surface area contributed by atoms with E-state index in [2.05, 4.69) is 41.5 Å². The maximum atomic E-state index is 15.8. The van der Waals surface area contributed by atoms with E-state index in [1.807, 2.05) is 193 Å². The lowest BCUT2D eigenvalue weighted by Gasteiger charge is -2.27. The second-order valence-electron chi connectivity index (χ2n) is 26.2. The number of nitrogens with zero attached hydrogens (tertiary/aromatic N) is 3. The molecule has 0 unspecified atom stereocenters. The zero-order valence-corrected chi connectivity index (χ0v) is 59.3. The molecule has 472 valence electrons. The Labute approximate surface area is 553 Å². The number of rotatable bonds is 12. The molecule has 10 aromatic rings. The van der Waals surface area contributed by atoms with Crippen LogP contribution in [0.2, 0.25) is 0 Å². The van der Waals surface area contributed by atoms with E-state index in [4.69, 9.17) is 12.5 Å². The van der Waals surface area contributed by atoms with Gasteiger partial charge in [0.15, 0.2) is 17.2 Å². The van der Waals surface area contributed by atoms with Gasteiger partial charge in [0.1, 0.15) is 14.7 Å². The molecule has 0 atom stereocenters. The number of hydrogen-bond donors (Lipinski definition) is 0. The second kappa shape index (κ2) is 24.5. The molecule has 0 aromatic heterocycles. The van der Waals surface area contributed by atoms with Crippen molar-refractivity contribution in [3.05, 3.63) is 187 Å². The highest BCUT2D eigenvalue weighted by Gasteiger charge is 2.35. The summed E-state index contributed by atoms with van der Waals surface area (Å²) in [6, 6.07) is 51.2. The minimum absolute atomic E-state index is 0.0235. The third kappa shape index (κ3) is 13.4. The number of benzene rings is 10. The lowest BCUT2D eigenvalue weighted by Crippen LogP contribution is -2.16. The van der Waals surface area contributed by atoms with Crippen molar-refractivity contribution in [1.82, 2.24) is 0 Å². The largest absolute Gasteiger partial charge is 0.377 e. The van der Waals surface area contributed by atoms with Gasteiger partial charge < -0.3 is 27.2 Å². The monoisotopic (exact) mass is 1350 g/mol. The molecule has 0 N–H and O–H groups in total. The van der Waals surface area contributed by atoms with Gasteiger partial charge in [-0.1, -0.05) is 188 Å². The summed E-state index contributed by atoms with van der Waals surface area (Å²) >= 11 is 4.88. The fraction of sp³-hybridized carbons (Fsp3) is 0.250. The first-order valence-corrected chi connectivity index (χ1v) is 37.0. The molecule has 19 heteroatoms. The molecule has 11 rings (SSSR count). The quantitative estimate of drug-likeness (QED) is 0.107. The summed E-state index contributed by atoms with van der Waals surface area (Å²) in [4.78, 5) is 9.30. The van der Waals surface area contributed by atoms with Gasteiger partial charge in [-0.3, -0.25) is 0 Å². The predicted molar refractivity (Wildman–Crippen MR) is 377 cm³/mol. The molecule has 1 aliphatic rings. The van der Waals surface area contributed by atoms with Crippen LogP contribution in [-0.4, -0.2) is 67.5 Å². The van der Waals surface area contributed by atoms with Crippen molar-refractivity contribution >= 4 is 127 Å². The Morgan fingerprint density at radius 2 is 0.527 bits per heavy atom. The van der Waals surface area contributed by atoms with Gasteiger partial charge in [-0.25, -0.2) is 0 Å². The van der Waals surface area contributed by atoms with Crippen LogP contribution in [0.4, 0.5) is 17.1 Å². The SMILES string of the molecule is CN(C)c1cccc2c(S(=O)(=O)Oc3c4cc(C(C)(C)C)cc3Sc3cc(C(C)(C)C)cc(c3OS(=O)(=O)c3cccc5c(N(C)C)cccc35)Sc3cc(C(C)(C)C)cc(c3OS(=O)(=O)c3cccc5c(N(C)C)cccc35)Sc3cccc(c3)S4)cccc12. The zero-order valence-electron chi connectivity index (χ0n) is 53.5. The summed E-state index contributed by atoms with van der Waals surface area (Å²) in [6.07, 6.45) is 0. The maximum Gasteiger partial charge on any atom is 0.339 e. The lowest BCUT2D eigenvalue weighted by molar-refractivity contribution is 0.471. The highest BCUT2D eigenvalue weighted by molar-refractivity contribution is 8.01. The lowest BCUT2D eigenvalue weighted by atomic mass is 9.87. The van der Waals surface area contributed by atoms with E-state index in [0.717, 1.165) is 57.3 Å². The van der Waals surface area contributed by atoms with Crippen LogP contribution in [0.1, 0.15) is 79.0 Å². The Balaban J connectivity index is 1.22. The van der Waals surface area contributed by atoms with Gasteiger partial charge in [-0.2, -0.15) is 25.3 Å². The van der Waals surface area contributed by atoms with Crippen molar-refractivity contribution < 1.29 is 37.8 Å². The summed E-state index contributed by atoms with van der Waals surface area (Å²) in [5.74, 6) is -0.0455. The van der Waals surface area contributed by atoms with Crippen LogP contribution in [0, 0.1) is 0 Å². The summed E-state index contributed by atoms with van der Waals surface area (Å²) < 4.78 is 114. The topological polar surface area (TPSA) is 140 Å². The van der Waals surface area contributed by atoms with Crippen LogP contribution in [0.3, 0.4) is 0 Å². The van der Waals surface area contributed by atoms with Crippen molar-refractivity contribution in [2.45, 2.75) is 132 Å². The van der Waals surface area contributed by atoms with E-state index < -0.39 is 46.6 Å². The Morgan fingerprint density at radius 3 is 0.780 bits per heavy atom. The molecular formula is C72H73N3O9S7. The molecule has 10 aromatic carbocycles. The molecular weight excluding hydrogens is 1280 g/mol. The van der Waals surface area contributed by atoms with Crippen molar-refractivity contribution in [1.29, 1.82) is 0 Å². The van der Waals surface area contributed by atoms with Gasteiger partial charge in [0.25, 0.3) is 0 Å². The van der Waals surface area contributed by atoms with Gasteiger partial charge in [-0.15, -0.1) is 0 Å². The van der Waals surface area contributed by atoms with Crippen LogP contribution in [0.5, 0.6) is 17.2 Å². The Bertz CT molecular complexity index is 4680. The van der Waals surface area contributed by atoms with E-state index in [0.29, 0.717) is 71.5 Å². The zero-order chi connectivity index (χ0) is 65.5. The molecule has 0 amide bonds. The molecule has 8 bridgehead atoms. The maximum absolute atomic E-state index is 15.8. The van der Waals surface area contributed by atoms with Crippen molar-refractivity contribution in [2.24, 2.45) is 0 Å². The summed E-state index contributed by atoms with van der Waals surface area (Å²) in [5, 5.41) is 3.49. The molecule has 0 aliphatic carbocycles. The van der Waals surface area contributed by atoms with E-state index in [1.54, 1.807) is 48.5 Å². The highest BCUT2D eigenvalue weighted by atomic mass is 32.2. The Morgan fingerprint density at radius 1 is 0.297 bits per heavy atom. The first-order valence-electron chi connectivity index (χ1n) is 29.5. The number of hydrogen-bond acceptors (Lipinski definition) is 16. The molecule has 0 radical (unpaired) electrons. The molecule has 0 fully saturated rings. The number of anilines is 3.